The Kier molecular flexibility index (Phi) is 4.93. The highest BCUT2D eigenvalue weighted by Crippen LogP contribution is 2.37. The number of benzene rings is 1. The summed E-state index contributed by atoms with van der Waals surface area (Å²) < 4.78 is 16.2. The minimum absolute atomic E-state index is 0.163. The normalized spacial score (nSPS) is 10.2. The van der Waals surface area contributed by atoms with Crippen molar-refractivity contribution in [2.24, 2.45) is 0 Å². The summed E-state index contributed by atoms with van der Waals surface area (Å²) in [7, 11) is 3.12. The third-order valence-electron chi connectivity index (χ3n) is 2.62. The van der Waals surface area contributed by atoms with E-state index in [1.54, 1.807) is 38.5 Å². The van der Waals surface area contributed by atoms with E-state index in [1.165, 1.54) is 0 Å². The van der Waals surface area contributed by atoms with E-state index in [9.17, 15) is 0 Å². The molecule has 0 aliphatic rings. The summed E-state index contributed by atoms with van der Waals surface area (Å²) in [6, 6.07) is 8.68. The average molecular weight is 314 g/mol. The van der Waals surface area contributed by atoms with E-state index in [-0.39, 0.29) is 6.61 Å². The molecule has 0 spiro atoms. The molecule has 0 N–H and O–H groups in total. The number of halogens is 2. The van der Waals surface area contributed by atoms with Crippen LogP contribution in [0.5, 0.6) is 17.2 Å². The number of hydrogen-bond donors (Lipinski definition) is 0. The second kappa shape index (κ2) is 6.68. The first-order chi connectivity index (χ1) is 9.65. The lowest BCUT2D eigenvalue weighted by Gasteiger charge is -2.14. The number of pyridine rings is 1. The molecule has 0 radical (unpaired) electrons. The Morgan fingerprint density at radius 3 is 2.25 bits per heavy atom. The monoisotopic (exact) mass is 313 g/mol. The van der Waals surface area contributed by atoms with Crippen molar-refractivity contribution in [1.82, 2.24) is 4.98 Å². The van der Waals surface area contributed by atoms with Crippen molar-refractivity contribution in [3.05, 3.63) is 46.2 Å². The van der Waals surface area contributed by atoms with Crippen LogP contribution in [0.3, 0.4) is 0 Å². The van der Waals surface area contributed by atoms with Gasteiger partial charge in [-0.3, -0.25) is 0 Å². The molecule has 0 aliphatic carbocycles. The van der Waals surface area contributed by atoms with Gasteiger partial charge in [0.05, 0.1) is 24.9 Å². The van der Waals surface area contributed by atoms with E-state index in [0.29, 0.717) is 33.1 Å². The van der Waals surface area contributed by atoms with Gasteiger partial charge in [0.1, 0.15) is 11.8 Å². The third-order valence-corrected chi connectivity index (χ3v) is 3.18. The van der Waals surface area contributed by atoms with Gasteiger partial charge in [0.25, 0.3) is 0 Å². The Labute approximate surface area is 127 Å². The molecule has 4 nitrogen and oxygen atoms in total. The lowest BCUT2D eigenvalue weighted by Crippen LogP contribution is -2.02. The van der Waals surface area contributed by atoms with Crippen LogP contribution in [0, 0.1) is 0 Å². The van der Waals surface area contributed by atoms with Gasteiger partial charge >= 0.3 is 0 Å². The van der Waals surface area contributed by atoms with Crippen molar-refractivity contribution < 1.29 is 14.2 Å². The number of para-hydroxylation sites is 1. The Hall–Kier alpha value is -1.65. The molecule has 0 fully saturated rings. The third kappa shape index (κ3) is 3.26. The molecule has 0 atom stereocenters. The summed E-state index contributed by atoms with van der Waals surface area (Å²) in [5, 5.41) is 0.850. The number of methoxy groups -OCH3 is 2. The molecule has 0 bridgehead atoms. The summed E-state index contributed by atoms with van der Waals surface area (Å²) in [4.78, 5) is 4.13. The molecule has 2 aromatic rings. The van der Waals surface area contributed by atoms with Gasteiger partial charge in [-0.15, -0.1) is 0 Å². The first-order valence-electron chi connectivity index (χ1n) is 5.80. The van der Waals surface area contributed by atoms with Gasteiger partial charge in [-0.1, -0.05) is 29.3 Å². The van der Waals surface area contributed by atoms with Crippen molar-refractivity contribution in [2.75, 3.05) is 14.2 Å². The molecular formula is C14H13Cl2NO3. The highest BCUT2D eigenvalue weighted by atomic mass is 35.5. The van der Waals surface area contributed by atoms with Crippen LogP contribution >= 0.6 is 23.2 Å². The van der Waals surface area contributed by atoms with Gasteiger partial charge in [-0.05, 0) is 24.3 Å². The van der Waals surface area contributed by atoms with Crippen LogP contribution < -0.4 is 14.2 Å². The molecule has 6 heteroatoms. The van der Waals surface area contributed by atoms with Crippen molar-refractivity contribution in [1.29, 1.82) is 0 Å². The van der Waals surface area contributed by atoms with Crippen molar-refractivity contribution in [3.63, 3.8) is 0 Å². The number of nitrogens with zero attached hydrogens (tertiary/aromatic N) is 1. The van der Waals surface area contributed by atoms with E-state index in [1.807, 2.05) is 6.07 Å². The summed E-state index contributed by atoms with van der Waals surface area (Å²) in [5.74, 6) is 1.64. The lowest BCUT2D eigenvalue weighted by molar-refractivity contribution is 0.263. The maximum Gasteiger partial charge on any atom is 0.203 e. The van der Waals surface area contributed by atoms with Crippen LogP contribution in [0.2, 0.25) is 10.2 Å². The largest absolute Gasteiger partial charge is 0.493 e. The van der Waals surface area contributed by atoms with Gasteiger partial charge in [-0.25, -0.2) is 4.98 Å². The Bertz CT molecular complexity index is 583. The number of rotatable bonds is 5. The smallest absolute Gasteiger partial charge is 0.203 e. The first-order valence-corrected chi connectivity index (χ1v) is 6.56. The molecule has 1 heterocycles. The molecule has 20 heavy (non-hydrogen) atoms. The maximum absolute atomic E-state index is 6.05. The summed E-state index contributed by atoms with van der Waals surface area (Å²) in [6.45, 7) is 0.163. The standard InChI is InChI=1S/C14H13Cl2NO3/c1-18-11-4-3-5-12(19-2)14(11)20-8-10-9(15)6-7-13(16)17-10/h3-7H,8H2,1-2H3. The van der Waals surface area contributed by atoms with Crippen LogP contribution in [0.4, 0.5) is 0 Å². The summed E-state index contributed by atoms with van der Waals surface area (Å²) in [5.41, 5.74) is 0.548. The molecule has 0 saturated heterocycles. The van der Waals surface area contributed by atoms with E-state index in [0.717, 1.165) is 0 Å². The molecule has 0 unspecified atom stereocenters. The first kappa shape index (κ1) is 14.8. The quantitative estimate of drug-likeness (QED) is 0.783. The average Bonchev–Trinajstić information content (AvgIpc) is 2.47. The highest BCUT2D eigenvalue weighted by molar-refractivity contribution is 6.32. The van der Waals surface area contributed by atoms with Gasteiger partial charge in [0, 0.05) is 0 Å². The topological polar surface area (TPSA) is 40.6 Å². The zero-order chi connectivity index (χ0) is 14.5. The van der Waals surface area contributed by atoms with Gasteiger partial charge < -0.3 is 14.2 Å². The van der Waals surface area contributed by atoms with Gasteiger partial charge in [-0.2, -0.15) is 0 Å². The minimum Gasteiger partial charge on any atom is -0.493 e. The molecule has 1 aromatic carbocycles. The summed E-state index contributed by atoms with van der Waals surface area (Å²) in [6.07, 6.45) is 0. The number of aromatic nitrogens is 1. The van der Waals surface area contributed by atoms with E-state index < -0.39 is 0 Å². The Balaban J connectivity index is 2.24. The van der Waals surface area contributed by atoms with Crippen LogP contribution in [-0.2, 0) is 6.61 Å². The van der Waals surface area contributed by atoms with Crippen LogP contribution in [0.15, 0.2) is 30.3 Å². The van der Waals surface area contributed by atoms with Crippen molar-refractivity contribution >= 4 is 23.2 Å². The van der Waals surface area contributed by atoms with Crippen LogP contribution in [0.25, 0.3) is 0 Å². The van der Waals surface area contributed by atoms with Gasteiger partial charge in [0.15, 0.2) is 11.5 Å². The Morgan fingerprint density at radius 1 is 1.00 bits per heavy atom. The summed E-state index contributed by atoms with van der Waals surface area (Å²) >= 11 is 11.9. The van der Waals surface area contributed by atoms with Crippen molar-refractivity contribution in [3.8, 4) is 17.2 Å². The molecule has 0 aliphatic heterocycles. The van der Waals surface area contributed by atoms with Crippen LogP contribution in [-0.4, -0.2) is 19.2 Å². The SMILES string of the molecule is COc1cccc(OC)c1OCc1nc(Cl)ccc1Cl. The zero-order valence-electron chi connectivity index (χ0n) is 11.0. The predicted molar refractivity (Wildman–Crippen MR) is 78.1 cm³/mol. The lowest BCUT2D eigenvalue weighted by atomic mass is 10.3. The maximum atomic E-state index is 6.05. The fraction of sp³-hybridized carbons (Fsp3) is 0.214. The molecule has 2 rings (SSSR count). The second-order valence-electron chi connectivity index (χ2n) is 3.84. The van der Waals surface area contributed by atoms with Crippen molar-refractivity contribution in [2.45, 2.75) is 6.61 Å². The van der Waals surface area contributed by atoms with E-state index >= 15 is 0 Å². The zero-order valence-corrected chi connectivity index (χ0v) is 12.5. The molecule has 1 aromatic heterocycles. The molecule has 0 amide bonds. The number of hydrogen-bond acceptors (Lipinski definition) is 4. The van der Waals surface area contributed by atoms with E-state index in [4.69, 9.17) is 37.4 Å². The van der Waals surface area contributed by atoms with Gasteiger partial charge in [0.2, 0.25) is 5.75 Å². The molecular weight excluding hydrogens is 301 g/mol. The second-order valence-corrected chi connectivity index (χ2v) is 4.64. The minimum atomic E-state index is 0.163. The Morgan fingerprint density at radius 2 is 1.65 bits per heavy atom. The highest BCUT2D eigenvalue weighted by Gasteiger charge is 2.13. The number of ether oxygens (including phenoxy) is 3. The molecule has 0 saturated carbocycles. The predicted octanol–water partition coefficient (Wildman–Crippen LogP) is 3.98. The molecule has 106 valence electrons. The fourth-order valence-electron chi connectivity index (χ4n) is 1.66. The van der Waals surface area contributed by atoms with E-state index in [2.05, 4.69) is 4.98 Å². The fourth-order valence-corrected chi connectivity index (χ4v) is 1.98. The van der Waals surface area contributed by atoms with Crippen LogP contribution in [0.1, 0.15) is 5.69 Å².